The summed E-state index contributed by atoms with van der Waals surface area (Å²) in [5.41, 5.74) is 0. The predicted octanol–water partition coefficient (Wildman–Crippen LogP) is -0.392. The minimum atomic E-state index is -0.764. The van der Waals surface area contributed by atoms with Gasteiger partial charge in [0.05, 0.1) is 19.6 Å². The van der Waals surface area contributed by atoms with Gasteiger partial charge in [-0.15, -0.1) is 0 Å². The number of piperazine rings is 1. The summed E-state index contributed by atoms with van der Waals surface area (Å²) in [7, 11) is 3.58. The van der Waals surface area contributed by atoms with E-state index in [1.165, 1.54) is 4.90 Å². The maximum Gasteiger partial charge on any atom is 0.308 e. The monoisotopic (exact) mass is 299 g/mol. The highest BCUT2D eigenvalue weighted by molar-refractivity contribution is 5.92. The van der Waals surface area contributed by atoms with Gasteiger partial charge in [-0.2, -0.15) is 0 Å². The molecule has 21 heavy (non-hydrogen) atoms. The van der Waals surface area contributed by atoms with E-state index in [1.807, 2.05) is 6.92 Å². The normalized spacial score (nSPS) is 18.6. The molecule has 1 aliphatic heterocycles. The number of nitrogens with one attached hydrogen (secondary N) is 1. The molecule has 1 N–H and O–H groups in total. The van der Waals surface area contributed by atoms with Crippen LogP contribution in [0.5, 0.6) is 0 Å². The Morgan fingerprint density at radius 2 is 2.14 bits per heavy atom. The van der Waals surface area contributed by atoms with Crippen LogP contribution in [0.25, 0.3) is 0 Å². The van der Waals surface area contributed by atoms with Gasteiger partial charge < -0.3 is 19.9 Å². The summed E-state index contributed by atoms with van der Waals surface area (Å²) in [5.74, 6) is -0.879. The standard InChI is InChI=1S/C14H25N3O4/c1-4-5-8-21-13(19)9-11-14(20)15-6-7-17(11)12(18)10-16(2)3/h11H,4-10H2,1-3H3,(H,15,20). The van der Waals surface area contributed by atoms with Crippen LogP contribution < -0.4 is 5.32 Å². The molecule has 1 saturated heterocycles. The summed E-state index contributed by atoms with van der Waals surface area (Å²) >= 11 is 0. The van der Waals surface area contributed by atoms with Crippen LogP contribution in [-0.2, 0) is 19.1 Å². The average Bonchev–Trinajstić information content (AvgIpc) is 2.40. The lowest BCUT2D eigenvalue weighted by Gasteiger charge is -2.35. The van der Waals surface area contributed by atoms with Gasteiger partial charge in [0.15, 0.2) is 0 Å². The van der Waals surface area contributed by atoms with E-state index in [9.17, 15) is 14.4 Å². The largest absolute Gasteiger partial charge is 0.466 e. The van der Waals surface area contributed by atoms with Gasteiger partial charge in [-0.3, -0.25) is 14.4 Å². The molecule has 0 saturated carbocycles. The van der Waals surface area contributed by atoms with E-state index < -0.39 is 12.0 Å². The molecule has 7 heteroatoms. The molecule has 1 rings (SSSR count). The first-order valence-electron chi connectivity index (χ1n) is 7.33. The fourth-order valence-corrected chi connectivity index (χ4v) is 2.12. The van der Waals surface area contributed by atoms with Crippen molar-refractivity contribution in [2.24, 2.45) is 0 Å². The van der Waals surface area contributed by atoms with Crippen LogP contribution >= 0.6 is 0 Å². The number of hydrogen-bond acceptors (Lipinski definition) is 5. The zero-order valence-electron chi connectivity index (χ0n) is 13.1. The third-order valence-corrected chi connectivity index (χ3v) is 3.22. The van der Waals surface area contributed by atoms with Crippen molar-refractivity contribution in [2.75, 3.05) is 40.3 Å². The lowest BCUT2D eigenvalue weighted by atomic mass is 10.1. The third kappa shape index (κ3) is 5.71. The van der Waals surface area contributed by atoms with Crippen LogP contribution in [0.4, 0.5) is 0 Å². The second-order valence-corrected chi connectivity index (χ2v) is 5.41. The van der Waals surface area contributed by atoms with Crippen molar-refractivity contribution in [3.05, 3.63) is 0 Å². The number of likely N-dealkylation sites (N-methyl/N-ethyl adjacent to an activating group) is 1. The van der Waals surface area contributed by atoms with Crippen molar-refractivity contribution in [1.82, 2.24) is 15.1 Å². The van der Waals surface area contributed by atoms with E-state index >= 15 is 0 Å². The topological polar surface area (TPSA) is 79.0 Å². The van der Waals surface area contributed by atoms with Gasteiger partial charge in [-0.25, -0.2) is 0 Å². The molecular weight excluding hydrogens is 274 g/mol. The molecule has 1 atom stereocenters. The highest BCUT2D eigenvalue weighted by atomic mass is 16.5. The van der Waals surface area contributed by atoms with E-state index in [0.29, 0.717) is 19.7 Å². The lowest BCUT2D eigenvalue weighted by Crippen LogP contribution is -2.59. The molecular formula is C14H25N3O4. The van der Waals surface area contributed by atoms with Crippen LogP contribution in [-0.4, -0.2) is 74.0 Å². The number of ether oxygens (including phenoxy) is 1. The SMILES string of the molecule is CCCCOC(=O)CC1C(=O)NCCN1C(=O)CN(C)C. The molecule has 0 aromatic rings. The van der Waals surface area contributed by atoms with E-state index in [0.717, 1.165) is 12.8 Å². The van der Waals surface area contributed by atoms with Crippen molar-refractivity contribution in [3.63, 3.8) is 0 Å². The van der Waals surface area contributed by atoms with Gasteiger partial charge in [0.25, 0.3) is 0 Å². The Bertz CT molecular complexity index is 384. The van der Waals surface area contributed by atoms with Crippen molar-refractivity contribution < 1.29 is 19.1 Å². The lowest BCUT2D eigenvalue weighted by molar-refractivity contribution is -0.152. The zero-order chi connectivity index (χ0) is 15.8. The van der Waals surface area contributed by atoms with E-state index in [-0.39, 0.29) is 24.8 Å². The highest BCUT2D eigenvalue weighted by Gasteiger charge is 2.35. The molecule has 0 radical (unpaired) electrons. The maximum absolute atomic E-state index is 12.2. The first-order chi connectivity index (χ1) is 9.95. The number of rotatable bonds is 7. The van der Waals surface area contributed by atoms with Gasteiger partial charge in [0.2, 0.25) is 11.8 Å². The Hall–Kier alpha value is -1.63. The summed E-state index contributed by atoms with van der Waals surface area (Å²) in [4.78, 5) is 39.1. The molecule has 120 valence electrons. The Balaban J connectivity index is 2.62. The van der Waals surface area contributed by atoms with Gasteiger partial charge in [0, 0.05) is 13.1 Å². The number of carbonyl (C=O) groups excluding carboxylic acids is 3. The highest BCUT2D eigenvalue weighted by Crippen LogP contribution is 2.11. The number of nitrogens with zero attached hydrogens (tertiary/aromatic N) is 2. The van der Waals surface area contributed by atoms with Crippen LogP contribution in [0.15, 0.2) is 0 Å². The van der Waals surface area contributed by atoms with E-state index in [2.05, 4.69) is 5.32 Å². The van der Waals surface area contributed by atoms with Crippen LogP contribution in [0, 0.1) is 0 Å². The number of esters is 1. The predicted molar refractivity (Wildman–Crippen MR) is 77.5 cm³/mol. The van der Waals surface area contributed by atoms with Gasteiger partial charge >= 0.3 is 5.97 Å². The van der Waals surface area contributed by atoms with Crippen LogP contribution in [0.1, 0.15) is 26.2 Å². The van der Waals surface area contributed by atoms with Crippen molar-refractivity contribution >= 4 is 17.8 Å². The van der Waals surface area contributed by atoms with Gasteiger partial charge in [-0.05, 0) is 20.5 Å². The second kappa shape index (κ2) is 8.61. The average molecular weight is 299 g/mol. The molecule has 1 unspecified atom stereocenters. The van der Waals surface area contributed by atoms with Crippen molar-refractivity contribution in [2.45, 2.75) is 32.2 Å². The first-order valence-corrected chi connectivity index (χ1v) is 7.33. The van der Waals surface area contributed by atoms with E-state index in [1.54, 1.807) is 19.0 Å². The number of hydrogen-bond donors (Lipinski definition) is 1. The van der Waals surface area contributed by atoms with Gasteiger partial charge in [0.1, 0.15) is 6.04 Å². The third-order valence-electron chi connectivity index (χ3n) is 3.22. The Morgan fingerprint density at radius 3 is 2.76 bits per heavy atom. The number of carbonyl (C=O) groups is 3. The molecule has 1 aliphatic rings. The molecule has 0 aliphatic carbocycles. The minimum Gasteiger partial charge on any atom is -0.466 e. The quantitative estimate of drug-likeness (QED) is 0.511. The summed E-state index contributed by atoms with van der Waals surface area (Å²) in [6.45, 7) is 3.42. The fourth-order valence-electron chi connectivity index (χ4n) is 2.12. The number of amides is 2. The Kier molecular flexibility index (Phi) is 7.14. The molecule has 2 amide bonds. The fraction of sp³-hybridized carbons (Fsp3) is 0.786. The van der Waals surface area contributed by atoms with Gasteiger partial charge in [-0.1, -0.05) is 13.3 Å². The summed E-state index contributed by atoms with van der Waals surface area (Å²) in [6.07, 6.45) is 1.64. The maximum atomic E-state index is 12.2. The molecule has 7 nitrogen and oxygen atoms in total. The van der Waals surface area contributed by atoms with Crippen LogP contribution in [0.3, 0.4) is 0 Å². The smallest absolute Gasteiger partial charge is 0.308 e. The molecule has 1 heterocycles. The second-order valence-electron chi connectivity index (χ2n) is 5.41. The zero-order valence-corrected chi connectivity index (χ0v) is 13.1. The van der Waals surface area contributed by atoms with Crippen LogP contribution in [0.2, 0.25) is 0 Å². The summed E-state index contributed by atoms with van der Waals surface area (Å²) < 4.78 is 5.08. The first kappa shape index (κ1) is 17.4. The molecule has 0 aromatic carbocycles. The van der Waals surface area contributed by atoms with E-state index in [4.69, 9.17) is 4.74 Å². The Labute approximate surface area is 125 Å². The van der Waals surface area contributed by atoms with Crippen molar-refractivity contribution in [3.8, 4) is 0 Å². The Morgan fingerprint density at radius 1 is 1.43 bits per heavy atom. The molecule has 0 bridgehead atoms. The molecule has 0 aromatic heterocycles. The summed E-state index contributed by atoms with van der Waals surface area (Å²) in [6, 6.07) is -0.764. The molecule has 0 spiro atoms. The molecule has 1 fully saturated rings. The minimum absolute atomic E-state index is 0.0886. The van der Waals surface area contributed by atoms with Crippen molar-refractivity contribution in [1.29, 1.82) is 0 Å². The number of unbranched alkanes of at least 4 members (excludes halogenated alkanes) is 1. The summed E-state index contributed by atoms with van der Waals surface area (Å²) in [5, 5.41) is 2.69.